The summed E-state index contributed by atoms with van der Waals surface area (Å²) in [6, 6.07) is 8.13. The van der Waals surface area contributed by atoms with Crippen molar-refractivity contribution in [3.8, 4) is 0 Å². The normalized spacial score (nSPS) is 18.3. The summed E-state index contributed by atoms with van der Waals surface area (Å²) < 4.78 is 59.3. The van der Waals surface area contributed by atoms with Crippen LogP contribution in [0.2, 0.25) is 0 Å². The summed E-state index contributed by atoms with van der Waals surface area (Å²) in [5, 5.41) is 2.16. The molecule has 6 nitrogen and oxygen atoms in total. The van der Waals surface area contributed by atoms with Gasteiger partial charge in [0, 0.05) is 18.2 Å². The molecule has 0 radical (unpaired) electrons. The smallest absolute Gasteiger partial charge is 0.255 e. The van der Waals surface area contributed by atoms with E-state index in [2.05, 4.69) is 5.32 Å². The number of nitrogens with one attached hydrogen (secondary N) is 1. The zero-order valence-electron chi connectivity index (χ0n) is 14.5. The van der Waals surface area contributed by atoms with Gasteiger partial charge in [0.2, 0.25) is 10.0 Å². The Morgan fingerprint density at radius 1 is 1.15 bits per heavy atom. The number of para-hydroxylation sites is 1. The Balaban J connectivity index is 1.79. The van der Waals surface area contributed by atoms with Crippen molar-refractivity contribution in [2.75, 3.05) is 25.1 Å². The lowest BCUT2D eigenvalue weighted by Gasteiger charge is -2.32. The number of ether oxygens (including phenoxy) is 1. The van der Waals surface area contributed by atoms with Gasteiger partial charge in [-0.05, 0) is 43.3 Å². The van der Waals surface area contributed by atoms with E-state index in [9.17, 15) is 22.0 Å². The molecule has 1 atom stereocenters. The Hall–Kier alpha value is -2.36. The third-order valence-electron chi connectivity index (χ3n) is 4.23. The van der Waals surface area contributed by atoms with E-state index in [1.807, 2.05) is 0 Å². The molecule has 144 valence electrons. The fourth-order valence-electron chi connectivity index (χ4n) is 2.79. The van der Waals surface area contributed by atoms with Crippen LogP contribution in [0, 0.1) is 11.6 Å². The number of anilines is 1. The quantitative estimate of drug-likeness (QED) is 0.862. The first-order valence-electron chi connectivity index (χ1n) is 8.25. The Morgan fingerprint density at radius 3 is 2.37 bits per heavy atom. The van der Waals surface area contributed by atoms with Gasteiger partial charge in [0.1, 0.15) is 17.3 Å². The number of halogens is 2. The van der Waals surface area contributed by atoms with E-state index in [1.165, 1.54) is 34.6 Å². The van der Waals surface area contributed by atoms with Gasteiger partial charge in [0.05, 0.1) is 18.1 Å². The number of hydrogen-bond donors (Lipinski definition) is 1. The molecule has 27 heavy (non-hydrogen) atoms. The van der Waals surface area contributed by atoms with Crippen LogP contribution in [0.1, 0.15) is 17.3 Å². The number of rotatable bonds is 4. The number of benzene rings is 2. The van der Waals surface area contributed by atoms with Crippen LogP contribution < -0.4 is 5.32 Å². The van der Waals surface area contributed by atoms with E-state index in [0.717, 1.165) is 12.1 Å². The van der Waals surface area contributed by atoms with Gasteiger partial charge in [0.25, 0.3) is 5.91 Å². The fraction of sp³-hybridized carbons (Fsp3) is 0.278. The van der Waals surface area contributed by atoms with Crippen molar-refractivity contribution in [1.82, 2.24) is 4.31 Å². The summed E-state index contributed by atoms with van der Waals surface area (Å²) in [6.45, 7) is 2.63. The van der Waals surface area contributed by atoms with Crippen LogP contribution in [0.15, 0.2) is 47.4 Å². The average molecular weight is 396 g/mol. The van der Waals surface area contributed by atoms with Crippen LogP contribution in [-0.2, 0) is 14.8 Å². The van der Waals surface area contributed by atoms with Gasteiger partial charge in [-0.25, -0.2) is 17.2 Å². The predicted octanol–water partition coefficient (Wildman–Crippen LogP) is 2.63. The number of amides is 1. The maximum absolute atomic E-state index is 13.6. The number of hydrogen-bond acceptors (Lipinski definition) is 4. The molecule has 1 amide bonds. The first-order valence-corrected chi connectivity index (χ1v) is 9.69. The minimum Gasteiger partial charge on any atom is -0.378 e. The standard InChI is InChI=1S/C18H18F2N2O4S/c1-12-11-26-10-9-22(12)27(24,25)14-7-5-13(6-8-14)18(23)21-17-15(19)3-2-4-16(17)20/h2-8,12H,9-11H2,1H3,(H,21,23). The topological polar surface area (TPSA) is 75.7 Å². The molecule has 1 heterocycles. The minimum absolute atomic E-state index is 0.0323. The van der Waals surface area contributed by atoms with Gasteiger partial charge in [-0.2, -0.15) is 4.31 Å². The molecule has 0 aliphatic carbocycles. The number of sulfonamides is 1. The molecular formula is C18H18F2N2O4S. The van der Waals surface area contributed by atoms with Crippen molar-refractivity contribution >= 4 is 21.6 Å². The number of morpholine rings is 1. The first-order chi connectivity index (χ1) is 12.8. The summed E-state index contributed by atoms with van der Waals surface area (Å²) in [4.78, 5) is 12.2. The molecule has 3 rings (SSSR count). The maximum atomic E-state index is 13.6. The molecule has 9 heteroatoms. The Labute approximate surface area is 155 Å². The van der Waals surface area contributed by atoms with Crippen molar-refractivity contribution in [3.05, 3.63) is 59.7 Å². The van der Waals surface area contributed by atoms with E-state index in [4.69, 9.17) is 4.74 Å². The summed E-state index contributed by atoms with van der Waals surface area (Å²) in [6.07, 6.45) is 0. The minimum atomic E-state index is -3.72. The van der Waals surface area contributed by atoms with Crippen LogP contribution in [-0.4, -0.2) is 44.4 Å². The zero-order valence-corrected chi connectivity index (χ0v) is 15.3. The molecule has 1 N–H and O–H groups in total. The molecule has 1 aliphatic heterocycles. The van der Waals surface area contributed by atoms with Crippen LogP contribution in [0.3, 0.4) is 0 Å². The Morgan fingerprint density at radius 2 is 1.78 bits per heavy atom. The van der Waals surface area contributed by atoms with Gasteiger partial charge in [-0.1, -0.05) is 6.07 Å². The molecule has 1 fully saturated rings. The van der Waals surface area contributed by atoms with E-state index in [1.54, 1.807) is 6.92 Å². The maximum Gasteiger partial charge on any atom is 0.255 e. The number of carbonyl (C=O) groups is 1. The Bertz CT molecular complexity index is 928. The highest BCUT2D eigenvalue weighted by Crippen LogP contribution is 2.22. The van der Waals surface area contributed by atoms with Gasteiger partial charge in [0.15, 0.2) is 0 Å². The van der Waals surface area contributed by atoms with Gasteiger partial charge >= 0.3 is 0 Å². The van der Waals surface area contributed by atoms with Crippen molar-refractivity contribution < 1.29 is 26.7 Å². The second-order valence-corrected chi connectivity index (χ2v) is 8.01. The SMILES string of the molecule is CC1COCCN1S(=O)(=O)c1ccc(C(=O)Nc2c(F)cccc2F)cc1. The monoisotopic (exact) mass is 396 g/mol. The number of carbonyl (C=O) groups excluding carboxylic acids is 1. The average Bonchev–Trinajstić information content (AvgIpc) is 2.65. The summed E-state index contributed by atoms with van der Waals surface area (Å²) in [7, 11) is -3.72. The summed E-state index contributed by atoms with van der Waals surface area (Å²) in [5.41, 5.74) is -0.479. The molecule has 0 bridgehead atoms. The van der Waals surface area contributed by atoms with Crippen LogP contribution >= 0.6 is 0 Å². The van der Waals surface area contributed by atoms with Crippen molar-refractivity contribution in [2.45, 2.75) is 17.9 Å². The lowest BCUT2D eigenvalue weighted by atomic mass is 10.2. The molecule has 1 saturated heterocycles. The lowest BCUT2D eigenvalue weighted by Crippen LogP contribution is -2.46. The summed E-state index contributed by atoms with van der Waals surface area (Å²) in [5.74, 6) is -2.55. The lowest BCUT2D eigenvalue weighted by molar-refractivity contribution is 0.0393. The molecule has 0 aromatic heterocycles. The van der Waals surface area contributed by atoms with Crippen LogP contribution in [0.25, 0.3) is 0 Å². The second-order valence-electron chi connectivity index (χ2n) is 6.11. The van der Waals surface area contributed by atoms with Crippen LogP contribution in [0.4, 0.5) is 14.5 Å². The predicted molar refractivity (Wildman–Crippen MR) is 94.9 cm³/mol. The van der Waals surface area contributed by atoms with E-state index >= 15 is 0 Å². The van der Waals surface area contributed by atoms with Crippen molar-refractivity contribution in [1.29, 1.82) is 0 Å². The van der Waals surface area contributed by atoms with E-state index < -0.39 is 33.3 Å². The highest BCUT2D eigenvalue weighted by molar-refractivity contribution is 7.89. The fourth-order valence-corrected chi connectivity index (χ4v) is 4.39. The van der Waals surface area contributed by atoms with E-state index in [0.29, 0.717) is 13.2 Å². The van der Waals surface area contributed by atoms with E-state index in [-0.39, 0.29) is 23.0 Å². The third kappa shape index (κ3) is 4.00. The van der Waals surface area contributed by atoms with Crippen molar-refractivity contribution in [2.24, 2.45) is 0 Å². The number of nitrogens with zero attached hydrogens (tertiary/aromatic N) is 1. The molecule has 0 spiro atoms. The summed E-state index contributed by atoms with van der Waals surface area (Å²) >= 11 is 0. The Kier molecular flexibility index (Phi) is 5.54. The molecular weight excluding hydrogens is 378 g/mol. The van der Waals surface area contributed by atoms with Gasteiger partial charge in [-0.15, -0.1) is 0 Å². The third-order valence-corrected chi connectivity index (χ3v) is 6.26. The first kappa shape index (κ1) is 19.4. The molecule has 1 unspecified atom stereocenters. The molecule has 0 saturated carbocycles. The van der Waals surface area contributed by atoms with Crippen LogP contribution in [0.5, 0.6) is 0 Å². The molecule has 2 aromatic carbocycles. The largest absolute Gasteiger partial charge is 0.378 e. The molecule has 2 aromatic rings. The zero-order chi connectivity index (χ0) is 19.6. The van der Waals surface area contributed by atoms with Gasteiger partial charge < -0.3 is 10.1 Å². The highest BCUT2D eigenvalue weighted by Gasteiger charge is 2.31. The van der Waals surface area contributed by atoms with Crippen molar-refractivity contribution in [3.63, 3.8) is 0 Å². The molecule has 1 aliphatic rings. The second kappa shape index (κ2) is 7.71. The highest BCUT2D eigenvalue weighted by atomic mass is 32.2. The van der Waals surface area contributed by atoms with Gasteiger partial charge in [-0.3, -0.25) is 4.79 Å².